The van der Waals surface area contributed by atoms with Gasteiger partial charge in [-0.1, -0.05) is 11.6 Å². The summed E-state index contributed by atoms with van der Waals surface area (Å²) in [6.07, 6.45) is 0. The van der Waals surface area contributed by atoms with E-state index < -0.39 is 0 Å². The zero-order valence-corrected chi connectivity index (χ0v) is 8.60. The minimum absolute atomic E-state index is 0.237. The Labute approximate surface area is 88.0 Å². The van der Waals surface area contributed by atoms with Gasteiger partial charge < -0.3 is 10.1 Å². The van der Waals surface area contributed by atoms with Gasteiger partial charge in [0.2, 0.25) is 0 Å². The predicted octanol–water partition coefficient (Wildman–Crippen LogP) is 1.91. The van der Waals surface area contributed by atoms with Crippen LogP contribution in [0, 0.1) is 6.92 Å². The van der Waals surface area contributed by atoms with E-state index in [1.54, 1.807) is 18.2 Å². The van der Waals surface area contributed by atoms with Crippen LogP contribution in [0.15, 0.2) is 18.2 Å². The van der Waals surface area contributed by atoms with E-state index in [-0.39, 0.29) is 5.91 Å². The Morgan fingerprint density at radius 3 is 2.93 bits per heavy atom. The molecule has 4 heteroatoms. The minimum atomic E-state index is -0.237. The van der Waals surface area contributed by atoms with Crippen LogP contribution in [0.3, 0.4) is 0 Å². The first-order valence-corrected chi connectivity index (χ1v) is 4.48. The van der Waals surface area contributed by atoms with E-state index in [0.29, 0.717) is 22.9 Å². The summed E-state index contributed by atoms with van der Waals surface area (Å²) in [6, 6.07) is 4.88. The number of hydrogen-bond donors (Lipinski definition) is 1. The van der Waals surface area contributed by atoms with Crippen molar-refractivity contribution in [2.45, 2.75) is 0 Å². The van der Waals surface area contributed by atoms with E-state index in [2.05, 4.69) is 12.2 Å². The molecule has 0 spiro atoms. The van der Waals surface area contributed by atoms with Crippen LogP contribution in [0.2, 0.25) is 5.02 Å². The summed E-state index contributed by atoms with van der Waals surface area (Å²) < 4.78 is 5.03. The number of amides is 1. The molecule has 14 heavy (non-hydrogen) atoms. The van der Waals surface area contributed by atoms with Crippen molar-refractivity contribution in [3.8, 4) is 5.75 Å². The molecule has 0 aromatic heterocycles. The van der Waals surface area contributed by atoms with Crippen LogP contribution < -0.4 is 10.1 Å². The summed E-state index contributed by atoms with van der Waals surface area (Å²) in [7, 11) is 1.50. The number of benzene rings is 1. The Hall–Kier alpha value is -1.22. The molecule has 0 unspecified atom stereocenters. The molecule has 0 heterocycles. The van der Waals surface area contributed by atoms with Gasteiger partial charge in [-0.25, -0.2) is 0 Å². The molecule has 75 valence electrons. The van der Waals surface area contributed by atoms with Gasteiger partial charge in [-0.05, 0) is 25.1 Å². The summed E-state index contributed by atoms with van der Waals surface area (Å²) in [6.45, 7) is 3.85. The van der Waals surface area contributed by atoms with Gasteiger partial charge >= 0.3 is 0 Å². The highest BCUT2D eigenvalue weighted by molar-refractivity contribution is 6.31. The third kappa shape index (κ3) is 2.39. The Kier molecular flexibility index (Phi) is 3.77. The van der Waals surface area contributed by atoms with Crippen LogP contribution >= 0.6 is 11.6 Å². The second kappa shape index (κ2) is 4.86. The van der Waals surface area contributed by atoms with Gasteiger partial charge in [-0.15, -0.1) is 0 Å². The number of ether oxygens (including phenoxy) is 1. The fourth-order valence-corrected chi connectivity index (χ4v) is 1.24. The first-order valence-electron chi connectivity index (χ1n) is 4.10. The van der Waals surface area contributed by atoms with Crippen molar-refractivity contribution in [3.05, 3.63) is 35.7 Å². The molecule has 0 atom stereocenters. The lowest BCUT2D eigenvalue weighted by atomic mass is 10.2. The SMILES string of the molecule is [CH2]CNC(=O)c1cc(Cl)ccc1OC. The van der Waals surface area contributed by atoms with Crippen molar-refractivity contribution in [3.63, 3.8) is 0 Å². The number of rotatable bonds is 3. The van der Waals surface area contributed by atoms with E-state index in [9.17, 15) is 4.79 Å². The highest BCUT2D eigenvalue weighted by Gasteiger charge is 2.11. The van der Waals surface area contributed by atoms with Crippen LogP contribution in [-0.2, 0) is 0 Å². The average Bonchev–Trinajstić information content (AvgIpc) is 2.18. The molecule has 1 radical (unpaired) electrons. The fraction of sp³-hybridized carbons (Fsp3) is 0.200. The van der Waals surface area contributed by atoms with Gasteiger partial charge in [0, 0.05) is 11.6 Å². The number of nitrogens with one attached hydrogen (secondary N) is 1. The van der Waals surface area contributed by atoms with Gasteiger partial charge in [0.15, 0.2) is 0 Å². The summed E-state index contributed by atoms with van der Waals surface area (Å²) in [4.78, 5) is 11.5. The van der Waals surface area contributed by atoms with E-state index in [1.807, 2.05) is 0 Å². The topological polar surface area (TPSA) is 38.3 Å². The van der Waals surface area contributed by atoms with E-state index in [1.165, 1.54) is 7.11 Å². The summed E-state index contributed by atoms with van der Waals surface area (Å²) in [5.74, 6) is 0.264. The molecule has 1 aromatic rings. The molecule has 0 bridgehead atoms. The molecular formula is C10H11ClNO2. The van der Waals surface area contributed by atoms with E-state index >= 15 is 0 Å². The van der Waals surface area contributed by atoms with E-state index in [0.717, 1.165) is 0 Å². The van der Waals surface area contributed by atoms with Gasteiger partial charge in [0.05, 0.1) is 12.7 Å². The van der Waals surface area contributed by atoms with Crippen molar-refractivity contribution < 1.29 is 9.53 Å². The number of hydrogen-bond acceptors (Lipinski definition) is 2. The molecule has 0 fully saturated rings. The third-order valence-electron chi connectivity index (χ3n) is 1.69. The van der Waals surface area contributed by atoms with Gasteiger partial charge in [-0.3, -0.25) is 4.79 Å². The number of methoxy groups -OCH3 is 1. The van der Waals surface area contributed by atoms with Crippen molar-refractivity contribution in [2.24, 2.45) is 0 Å². The second-order valence-electron chi connectivity index (χ2n) is 2.60. The normalized spacial score (nSPS) is 9.64. The van der Waals surface area contributed by atoms with Gasteiger partial charge in [-0.2, -0.15) is 0 Å². The Balaban J connectivity index is 3.03. The summed E-state index contributed by atoms with van der Waals surface area (Å²) in [5, 5.41) is 3.08. The second-order valence-corrected chi connectivity index (χ2v) is 3.04. The molecule has 1 rings (SSSR count). The van der Waals surface area contributed by atoms with Crippen LogP contribution in [0.5, 0.6) is 5.75 Å². The van der Waals surface area contributed by atoms with Gasteiger partial charge in [0.25, 0.3) is 5.91 Å². The lowest BCUT2D eigenvalue weighted by Crippen LogP contribution is -2.23. The first kappa shape index (κ1) is 10.9. The van der Waals surface area contributed by atoms with Crippen LogP contribution in [0.1, 0.15) is 10.4 Å². The molecular weight excluding hydrogens is 202 g/mol. The molecule has 1 aromatic carbocycles. The first-order chi connectivity index (χ1) is 6.69. The molecule has 0 aliphatic heterocycles. The fourth-order valence-electron chi connectivity index (χ4n) is 1.07. The highest BCUT2D eigenvalue weighted by atomic mass is 35.5. The van der Waals surface area contributed by atoms with Crippen LogP contribution in [0.4, 0.5) is 0 Å². The highest BCUT2D eigenvalue weighted by Crippen LogP contribution is 2.22. The third-order valence-corrected chi connectivity index (χ3v) is 1.93. The lowest BCUT2D eigenvalue weighted by Gasteiger charge is -2.08. The lowest BCUT2D eigenvalue weighted by molar-refractivity contribution is 0.0955. The number of halogens is 1. The van der Waals surface area contributed by atoms with Crippen LogP contribution in [-0.4, -0.2) is 19.6 Å². The molecule has 0 saturated heterocycles. The van der Waals surface area contributed by atoms with Gasteiger partial charge in [0.1, 0.15) is 5.75 Å². The zero-order valence-electron chi connectivity index (χ0n) is 7.84. The zero-order chi connectivity index (χ0) is 10.6. The Morgan fingerprint density at radius 1 is 1.64 bits per heavy atom. The predicted molar refractivity (Wildman–Crippen MR) is 55.7 cm³/mol. The molecule has 1 amide bonds. The molecule has 0 saturated carbocycles. The number of carbonyl (C=O) groups excluding carboxylic acids is 1. The van der Waals surface area contributed by atoms with Crippen LogP contribution in [0.25, 0.3) is 0 Å². The number of carbonyl (C=O) groups is 1. The molecule has 0 aliphatic carbocycles. The molecule has 3 nitrogen and oxygen atoms in total. The molecule has 0 aliphatic rings. The molecule has 1 N–H and O–H groups in total. The van der Waals surface area contributed by atoms with E-state index in [4.69, 9.17) is 16.3 Å². The average molecular weight is 213 g/mol. The van der Waals surface area contributed by atoms with Crippen molar-refractivity contribution in [2.75, 3.05) is 13.7 Å². The minimum Gasteiger partial charge on any atom is -0.496 e. The summed E-state index contributed by atoms with van der Waals surface area (Å²) >= 11 is 5.77. The quantitative estimate of drug-likeness (QED) is 0.831. The smallest absolute Gasteiger partial charge is 0.255 e. The van der Waals surface area contributed by atoms with Crippen molar-refractivity contribution in [1.82, 2.24) is 5.32 Å². The Morgan fingerprint density at radius 2 is 2.36 bits per heavy atom. The maximum absolute atomic E-state index is 11.5. The maximum atomic E-state index is 11.5. The Bertz CT molecular complexity index is 339. The maximum Gasteiger partial charge on any atom is 0.255 e. The van der Waals surface area contributed by atoms with Crippen molar-refractivity contribution in [1.29, 1.82) is 0 Å². The van der Waals surface area contributed by atoms with Crippen molar-refractivity contribution >= 4 is 17.5 Å². The monoisotopic (exact) mass is 212 g/mol. The largest absolute Gasteiger partial charge is 0.496 e. The standard InChI is InChI=1S/C10H11ClNO2/c1-3-12-10(13)8-6-7(11)4-5-9(8)14-2/h4-6H,1,3H2,2H3,(H,12,13). The summed E-state index contributed by atoms with van der Waals surface area (Å²) in [5.41, 5.74) is 0.420.